The SMILES string of the molecule is Cc1ccc([N+](=O)[O-])c(NC(=O)COC(=O)c2cc(Cl)ccc2O)c1C. The first kappa shape index (κ1) is 19.2. The van der Waals surface area contributed by atoms with E-state index in [9.17, 15) is 24.8 Å². The van der Waals surface area contributed by atoms with Crippen LogP contribution in [0, 0.1) is 24.0 Å². The summed E-state index contributed by atoms with van der Waals surface area (Å²) in [5.74, 6) is -2.04. The Bertz CT molecular complexity index is 897. The molecule has 0 bridgehead atoms. The van der Waals surface area contributed by atoms with E-state index in [1.54, 1.807) is 19.9 Å². The molecule has 0 unspecified atom stereocenters. The highest BCUT2D eigenvalue weighted by Gasteiger charge is 2.21. The zero-order chi connectivity index (χ0) is 19.4. The Morgan fingerprint density at radius 1 is 1.27 bits per heavy atom. The number of ether oxygens (including phenoxy) is 1. The smallest absolute Gasteiger partial charge is 0.342 e. The average molecular weight is 379 g/mol. The molecule has 0 aliphatic heterocycles. The number of halogens is 1. The van der Waals surface area contributed by atoms with Gasteiger partial charge in [-0.3, -0.25) is 14.9 Å². The zero-order valence-electron chi connectivity index (χ0n) is 13.9. The minimum Gasteiger partial charge on any atom is -0.507 e. The van der Waals surface area contributed by atoms with Crippen molar-refractivity contribution in [1.82, 2.24) is 0 Å². The van der Waals surface area contributed by atoms with Crippen molar-refractivity contribution in [2.24, 2.45) is 0 Å². The number of hydrogen-bond donors (Lipinski definition) is 2. The molecule has 2 aromatic carbocycles. The Balaban J connectivity index is 2.10. The number of carbonyl (C=O) groups is 2. The zero-order valence-corrected chi connectivity index (χ0v) is 14.7. The number of phenols is 1. The topological polar surface area (TPSA) is 119 Å². The third-order valence-corrected chi connectivity index (χ3v) is 3.92. The predicted molar refractivity (Wildman–Crippen MR) is 94.6 cm³/mol. The van der Waals surface area contributed by atoms with E-state index >= 15 is 0 Å². The van der Waals surface area contributed by atoms with Crippen LogP contribution >= 0.6 is 11.6 Å². The van der Waals surface area contributed by atoms with E-state index < -0.39 is 23.4 Å². The number of nitrogens with one attached hydrogen (secondary N) is 1. The minimum atomic E-state index is -0.949. The van der Waals surface area contributed by atoms with Crippen molar-refractivity contribution < 1.29 is 24.4 Å². The highest BCUT2D eigenvalue weighted by atomic mass is 35.5. The normalized spacial score (nSPS) is 10.3. The fraction of sp³-hybridized carbons (Fsp3) is 0.176. The number of amides is 1. The number of aromatic hydroxyl groups is 1. The molecule has 26 heavy (non-hydrogen) atoms. The van der Waals surface area contributed by atoms with E-state index in [0.29, 0.717) is 5.56 Å². The van der Waals surface area contributed by atoms with Gasteiger partial charge < -0.3 is 15.2 Å². The van der Waals surface area contributed by atoms with Gasteiger partial charge in [0.2, 0.25) is 0 Å². The lowest BCUT2D eigenvalue weighted by Crippen LogP contribution is -2.22. The molecule has 0 spiro atoms. The molecule has 0 fully saturated rings. The summed E-state index contributed by atoms with van der Waals surface area (Å²) in [6.45, 7) is 2.69. The standard InChI is InChI=1S/C17H15ClN2O6/c1-9-3-5-13(20(24)25)16(10(9)2)19-15(22)8-26-17(23)12-7-11(18)4-6-14(12)21/h3-7,21H,8H2,1-2H3,(H,19,22). The van der Waals surface area contributed by atoms with Crippen LogP contribution < -0.4 is 5.32 Å². The molecule has 0 aromatic heterocycles. The summed E-state index contributed by atoms with van der Waals surface area (Å²) in [6.07, 6.45) is 0. The Morgan fingerprint density at radius 2 is 1.96 bits per heavy atom. The number of anilines is 1. The molecule has 0 radical (unpaired) electrons. The maximum atomic E-state index is 12.0. The number of benzene rings is 2. The molecule has 0 atom stereocenters. The average Bonchev–Trinajstić information content (AvgIpc) is 2.58. The van der Waals surface area contributed by atoms with Gasteiger partial charge in [0.25, 0.3) is 11.6 Å². The minimum absolute atomic E-state index is 0.0432. The highest BCUT2D eigenvalue weighted by molar-refractivity contribution is 6.31. The Hall–Kier alpha value is -3.13. The van der Waals surface area contributed by atoms with Crippen LogP contribution in [0.3, 0.4) is 0 Å². The van der Waals surface area contributed by atoms with Crippen LogP contribution in [0.5, 0.6) is 5.75 Å². The van der Waals surface area contributed by atoms with Gasteiger partial charge in [0.05, 0.1) is 4.92 Å². The molecule has 0 heterocycles. The van der Waals surface area contributed by atoms with Crippen LogP contribution in [-0.4, -0.2) is 28.5 Å². The fourth-order valence-corrected chi connectivity index (χ4v) is 2.34. The number of esters is 1. The summed E-state index contributed by atoms with van der Waals surface area (Å²) in [6, 6.07) is 6.67. The van der Waals surface area contributed by atoms with Gasteiger partial charge in [-0.2, -0.15) is 0 Å². The fourth-order valence-electron chi connectivity index (χ4n) is 2.17. The molecule has 0 aliphatic rings. The number of nitro benzene ring substituents is 1. The second kappa shape index (κ2) is 7.83. The van der Waals surface area contributed by atoms with Gasteiger partial charge in [0, 0.05) is 11.1 Å². The van der Waals surface area contributed by atoms with Crippen LogP contribution in [0.4, 0.5) is 11.4 Å². The summed E-state index contributed by atoms with van der Waals surface area (Å²) >= 11 is 5.75. The molecule has 0 saturated heterocycles. The quantitative estimate of drug-likeness (QED) is 0.467. The van der Waals surface area contributed by atoms with Gasteiger partial charge in [-0.25, -0.2) is 4.79 Å². The Labute approximate surface area is 153 Å². The Kier molecular flexibility index (Phi) is 5.78. The van der Waals surface area contributed by atoms with Gasteiger partial charge in [-0.15, -0.1) is 0 Å². The van der Waals surface area contributed by atoms with E-state index in [1.807, 2.05) is 0 Å². The predicted octanol–water partition coefficient (Wildman–Crippen LogP) is 3.37. The molecule has 1 amide bonds. The summed E-state index contributed by atoms with van der Waals surface area (Å²) in [7, 11) is 0. The monoisotopic (exact) mass is 378 g/mol. The first-order chi connectivity index (χ1) is 12.2. The van der Waals surface area contributed by atoms with Crippen molar-refractivity contribution in [3.63, 3.8) is 0 Å². The van der Waals surface area contributed by atoms with Crippen molar-refractivity contribution in [3.8, 4) is 5.75 Å². The molecular formula is C17H15ClN2O6. The van der Waals surface area contributed by atoms with Gasteiger partial charge in [0.15, 0.2) is 6.61 Å². The van der Waals surface area contributed by atoms with Crippen LogP contribution in [0.25, 0.3) is 0 Å². The molecule has 0 aliphatic carbocycles. The van der Waals surface area contributed by atoms with Crippen molar-refractivity contribution >= 4 is 34.9 Å². The molecule has 2 rings (SSSR count). The molecule has 2 N–H and O–H groups in total. The number of nitro groups is 1. The van der Waals surface area contributed by atoms with E-state index in [4.69, 9.17) is 16.3 Å². The molecule has 9 heteroatoms. The maximum Gasteiger partial charge on any atom is 0.342 e. The number of rotatable bonds is 5. The van der Waals surface area contributed by atoms with Crippen molar-refractivity contribution in [2.45, 2.75) is 13.8 Å². The second-order valence-corrected chi connectivity index (χ2v) is 5.88. The van der Waals surface area contributed by atoms with Crippen molar-refractivity contribution in [3.05, 3.63) is 62.2 Å². The van der Waals surface area contributed by atoms with Crippen molar-refractivity contribution in [2.75, 3.05) is 11.9 Å². The molecular weight excluding hydrogens is 364 g/mol. The van der Waals surface area contributed by atoms with E-state index in [-0.39, 0.29) is 27.7 Å². The Morgan fingerprint density at radius 3 is 2.62 bits per heavy atom. The molecule has 0 saturated carbocycles. The van der Waals surface area contributed by atoms with Crippen LogP contribution in [-0.2, 0) is 9.53 Å². The number of aryl methyl sites for hydroxylation is 1. The third kappa shape index (κ3) is 4.28. The lowest BCUT2D eigenvalue weighted by atomic mass is 10.1. The molecule has 136 valence electrons. The third-order valence-electron chi connectivity index (χ3n) is 3.69. The van der Waals surface area contributed by atoms with Gasteiger partial charge in [0.1, 0.15) is 17.0 Å². The molecule has 2 aromatic rings. The first-order valence-corrected chi connectivity index (χ1v) is 7.78. The second-order valence-electron chi connectivity index (χ2n) is 5.44. The lowest BCUT2D eigenvalue weighted by Gasteiger charge is -2.11. The van der Waals surface area contributed by atoms with Crippen LogP contribution in [0.1, 0.15) is 21.5 Å². The summed E-state index contributed by atoms with van der Waals surface area (Å²) < 4.78 is 4.83. The largest absolute Gasteiger partial charge is 0.507 e. The molecule has 8 nitrogen and oxygen atoms in total. The highest BCUT2D eigenvalue weighted by Crippen LogP contribution is 2.30. The van der Waals surface area contributed by atoms with Gasteiger partial charge >= 0.3 is 5.97 Å². The summed E-state index contributed by atoms with van der Waals surface area (Å²) in [5.41, 5.74) is 0.878. The van der Waals surface area contributed by atoms with Crippen LogP contribution in [0.2, 0.25) is 5.02 Å². The van der Waals surface area contributed by atoms with Gasteiger partial charge in [-0.05, 0) is 43.2 Å². The van der Waals surface area contributed by atoms with E-state index in [2.05, 4.69) is 5.32 Å². The van der Waals surface area contributed by atoms with Gasteiger partial charge in [-0.1, -0.05) is 17.7 Å². The maximum absolute atomic E-state index is 12.0. The van der Waals surface area contributed by atoms with E-state index in [1.165, 1.54) is 24.3 Å². The number of phenolic OH excluding ortho intramolecular Hbond substituents is 1. The number of hydrogen-bond acceptors (Lipinski definition) is 6. The number of nitrogens with zero attached hydrogens (tertiary/aromatic N) is 1. The first-order valence-electron chi connectivity index (χ1n) is 7.40. The summed E-state index contributed by atoms with van der Waals surface area (Å²) in [4.78, 5) is 34.5. The van der Waals surface area contributed by atoms with E-state index in [0.717, 1.165) is 5.56 Å². The number of carbonyl (C=O) groups excluding carboxylic acids is 2. The van der Waals surface area contributed by atoms with Crippen LogP contribution in [0.15, 0.2) is 30.3 Å². The summed E-state index contributed by atoms with van der Waals surface area (Å²) in [5, 5.41) is 23.4. The lowest BCUT2D eigenvalue weighted by molar-refractivity contribution is -0.384. The van der Waals surface area contributed by atoms with Crippen molar-refractivity contribution in [1.29, 1.82) is 0 Å².